The largest absolute Gasteiger partial charge is 0.396 e. The van der Waals surface area contributed by atoms with Crippen molar-refractivity contribution in [3.8, 4) is 6.07 Å². The molecule has 96 valence electrons. The summed E-state index contributed by atoms with van der Waals surface area (Å²) in [5.74, 6) is -1.43. The molecule has 0 unspecified atom stereocenters. The number of benzene rings is 1. The van der Waals surface area contributed by atoms with Gasteiger partial charge in [-0.2, -0.15) is 5.26 Å². The van der Waals surface area contributed by atoms with E-state index in [4.69, 9.17) is 10.4 Å². The minimum absolute atomic E-state index is 0.0252. The van der Waals surface area contributed by atoms with Gasteiger partial charge in [0.2, 0.25) is 0 Å². The minimum Gasteiger partial charge on any atom is -0.396 e. The molecule has 18 heavy (non-hydrogen) atoms. The molecule has 5 heteroatoms. The molecule has 0 aliphatic heterocycles. The minimum atomic E-state index is -0.715. The lowest BCUT2D eigenvalue weighted by Gasteiger charge is -2.13. The molecule has 0 aromatic heterocycles. The van der Waals surface area contributed by atoms with E-state index in [2.05, 4.69) is 5.32 Å². The van der Waals surface area contributed by atoms with Crippen molar-refractivity contribution >= 4 is 0 Å². The molecule has 1 aromatic rings. The molecule has 0 atom stereocenters. The first-order chi connectivity index (χ1) is 8.60. The highest BCUT2D eigenvalue weighted by Gasteiger charge is 2.41. The Bertz CT molecular complexity index is 469. The lowest BCUT2D eigenvalue weighted by Crippen LogP contribution is -2.26. The molecule has 0 amide bonds. The number of hydrogen-bond donors (Lipinski definition) is 2. The number of halogens is 2. The standard InChI is InChI=1S/C13H14F2N2O/c14-11-3-9(5-16)4-12(15)10(11)6-17-7-13(8-18)1-2-13/h3-4,17-18H,1-2,6-8H2. The zero-order valence-corrected chi connectivity index (χ0v) is 9.84. The van der Waals surface area contributed by atoms with E-state index >= 15 is 0 Å². The zero-order chi connectivity index (χ0) is 13.2. The Morgan fingerprint density at radius 2 is 1.94 bits per heavy atom. The fourth-order valence-corrected chi connectivity index (χ4v) is 1.86. The summed E-state index contributed by atoms with van der Waals surface area (Å²) in [7, 11) is 0. The summed E-state index contributed by atoms with van der Waals surface area (Å²) in [4.78, 5) is 0. The van der Waals surface area contributed by atoms with Crippen LogP contribution in [0.15, 0.2) is 12.1 Å². The van der Waals surface area contributed by atoms with Crippen molar-refractivity contribution in [1.29, 1.82) is 5.26 Å². The molecule has 3 nitrogen and oxygen atoms in total. The van der Waals surface area contributed by atoms with Crippen LogP contribution in [0.4, 0.5) is 8.78 Å². The predicted molar refractivity (Wildman–Crippen MR) is 61.5 cm³/mol. The first kappa shape index (κ1) is 12.9. The monoisotopic (exact) mass is 252 g/mol. The van der Waals surface area contributed by atoms with E-state index in [-0.39, 0.29) is 29.7 Å². The maximum absolute atomic E-state index is 13.5. The van der Waals surface area contributed by atoms with Crippen LogP contribution in [0, 0.1) is 28.4 Å². The van der Waals surface area contributed by atoms with E-state index in [0.29, 0.717) is 6.54 Å². The maximum Gasteiger partial charge on any atom is 0.131 e. The van der Waals surface area contributed by atoms with Gasteiger partial charge in [0.25, 0.3) is 0 Å². The number of aliphatic hydroxyl groups excluding tert-OH is 1. The predicted octanol–water partition coefficient (Wildman–Crippen LogP) is 1.70. The highest BCUT2D eigenvalue weighted by atomic mass is 19.1. The lowest BCUT2D eigenvalue weighted by atomic mass is 10.1. The summed E-state index contributed by atoms with van der Waals surface area (Å²) in [6, 6.07) is 3.76. The molecule has 0 saturated heterocycles. The van der Waals surface area contributed by atoms with Crippen LogP contribution in [0.25, 0.3) is 0 Å². The molecule has 2 rings (SSSR count). The van der Waals surface area contributed by atoms with E-state index < -0.39 is 11.6 Å². The molecular weight excluding hydrogens is 238 g/mol. The average Bonchev–Trinajstić information content (AvgIpc) is 3.13. The van der Waals surface area contributed by atoms with Crippen molar-refractivity contribution in [3.05, 3.63) is 34.9 Å². The van der Waals surface area contributed by atoms with Gasteiger partial charge in [0.05, 0.1) is 11.6 Å². The molecule has 2 N–H and O–H groups in total. The summed E-state index contributed by atoms with van der Waals surface area (Å²) < 4.78 is 27.1. The van der Waals surface area contributed by atoms with Crippen LogP contribution in [-0.2, 0) is 6.54 Å². The van der Waals surface area contributed by atoms with Crippen LogP contribution < -0.4 is 5.32 Å². The topological polar surface area (TPSA) is 56.0 Å². The van der Waals surface area contributed by atoms with Gasteiger partial charge >= 0.3 is 0 Å². The third kappa shape index (κ3) is 2.66. The third-order valence-corrected chi connectivity index (χ3v) is 3.36. The van der Waals surface area contributed by atoms with Crippen LogP contribution in [0.1, 0.15) is 24.0 Å². The highest BCUT2D eigenvalue weighted by Crippen LogP contribution is 2.44. The van der Waals surface area contributed by atoms with E-state index in [1.54, 1.807) is 6.07 Å². The van der Waals surface area contributed by atoms with Crippen LogP contribution >= 0.6 is 0 Å². The van der Waals surface area contributed by atoms with Crippen molar-refractivity contribution in [2.24, 2.45) is 5.41 Å². The third-order valence-electron chi connectivity index (χ3n) is 3.36. The van der Waals surface area contributed by atoms with E-state index in [1.165, 1.54) is 0 Å². The molecule has 1 aliphatic carbocycles. The maximum atomic E-state index is 13.5. The summed E-state index contributed by atoms with van der Waals surface area (Å²) >= 11 is 0. The summed E-state index contributed by atoms with van der Waals surface area (Å²) in [6.07, 6.45) is 1.88. The number of nitrogens with zero attached hydrogens (tertiary/aromatic N) is 1. The van der Waals surface area contributed by atoms with Gasteiger partial charge in [-0.1, -0.05) is 0 Å². The second kappa shape index (κ2) is 5.01. The molecular formula is C13H14F2N2O. The van der Waals surface area contributed by atoms with Crippen LogP contribution in [-0.4, -0.2) is 18.3 Å². The zero-order valence-electron chi connectivity index (χ0n) is 9.84. The number of rotatable bonds is 5. The van der Waals surface area contributed by atoms with Crippen molar-refractivity contribution < 1.29 is 13.9 Å². The second-order valence-electron chi connectivity index (χ2n) is 4.79. The van der Waals surface area contributed by atoms with Gasteiger partial charge in [0, 0.05) is 30.7 Å². The molecule has 0 spiro atoms. The van der Waals surface area contributed by atoms with Gasteiger partial charge in [-0.25, -0.2) is 8.78 Å². The molecule has 0 heterocycles. The smallest absolute Gasteiger partial charge is 0.131 e. The van der Waals surface area contributed by atoms with Gasteiger partial charge in [0.1, 0.15) is 11.6 Å². The molecule has 1 saturated carbocycles. The van der Waals surface area contributed by atoms with Crippen LogP contribution in [0.3, 0.4) is 0 Å². The summed E-state index contributed by atoms with van der Waals surface area (Å²) in [5.41, 5.74) is -0.190. The SMILES string of the molecule is N#Cc1cc(F)c(CNCC2(CO)CC2)c(F)c1. The van der Waals surface area contributed by atoms with Crippen LogP contribution in [0.2, 0.25) is 0 Å². The van der Waals surface area contributed by atoms with E-state index in [1.807, 2.05) is 0 Å². The number of nitriles is 1. The van der Waals surface area contributed by atoms with Crippen LogP contribution in [0.5, 0.6) is 0 Å². The Balaban J connectivity index is 1.99. The normalized spacial score (nSPS) is 16.3. The van der Waals surface area contributed by atoms with Crippen molar-refractivity contribution in [3.63, 3.8) is 0 Å². The van der Waals surface area contributed by atoms with Crippen molar-refractivity contribution in [2.45, 2.75) is 19.4 Å². The quantitative estimate of drug-likeness (QED) is 0.838. The fraction of sp³-hybridized carbons (Fsp3) is 0.462. The van der Waals surface area contributed by atoms with Gasteiger partial charge in [0.15, 0.2) is 0 Å². The Labute approximate surface area is 104 Å². The van der Waals surface area contributed by atoms with Gasteiger partial charge in [-0.15, -0.1) is 0 Å². The van der Waals surface area contributed by atoms with Crippen molar-refractivity contribution in [1.82, 2.24) is 5.32 Å². The number of aliphatic hydroxyl groups is 1. The molecule has 0 bridgehead atoms. The summed E-state index contributed by atoms with van der Waals surface area (Å²) in [5, 5.41) is 20.6. The molecule has 1 fully saturated rings. The van der Waals surface area contributed by atoms with E-state index in [0.717, 1.165) is 25.0 Å². The average molecular weight is 252 g/mol. The number of hydrogen-bond acceptors (Lipinski definition) is 3. The van der Waals surface area contributed by atoms with Gasteiger partial charge < -0.3 is 10.4 Å². The Morgan fingerprint density at radius 1 is 1.33 bits per heavy atom. The Kier molecular flexibility index (Phi) is 3.60. The molecule has 0 radical (unpaired) electrons. The van der Waals surface area contributed by atoms with Crippen molar-refractivity contribution in [2.75, 3.05) is 13.2 Å². The van der Waals surface area contributed by atoms with Gasteiger partial charge in [-0.3, -0.25) is 0 Å². The number of nitrogens with one attached hydrogen (secondary N) is 1. The Hall–Kier alpha value is -1.51. The molecule has 1 aromatic carbocycles. The lowest BCUT2D eigenvalue weighted by molar-refractivity contribution is 0.207. The fourth-order valence-electron chi connectivity index (χ4n) is 1.86. The first-order valence-electron chi connectivity index (χ1n) is 5.80. The van der Waals surface area contributed by atoms with Gasteiger partial charge in [-0.05, 0) is 25.0 Å². The van der Waals surface area contributed by atoms with E-state index in [9.17, 15) is 8.78 Å². The Morgan fingerprint density at radius 3 is 2.39 bits per heavy atom. The molecule has 1 aliphatic rings. The summed E-state index contributed by atoms with van der Waals surface area (Å²) in [6.45, 7) is 0.700. The highest BCUT2D eigenvalue weighted by molar-refractivity contribution is 5.34. The first-order valence-corrected chi connectivity index (χ1v) is 5.80. The second-order valence-corrected chi connectivity index (χ2v) is 4.79.